The van der Waals surface area contributed by atoms with Gasteiger partial charge in [-0.2, -0.15) is 10.1 Å². The van der Waals surface area contributed by atoms with Gasteiger partial charge in [0.05, 0.1) is 5.92 Å². The van der Waals surface area contributed by atoms with Crippen LogP contribution in [0.5, 0.6) is 0 Å². The average Bonchev–Trinajstić information content (AvgIpc) is 2.60. The second-order valence-corrected chi connectivity index (χ2v) is 3.42. The highest BCUT2D eigenvalue weighted by Crippen LogP contribution is 2.08. The molecule has 0 radical (unpaired) electrons. The van der Waals surface area contributed by atoms with Crippen molar-refractivity contribution in [1.82, 2.24) is 14.8 Å². The molecule has 0 fully saturated rings. The lowest BCUT2D eigenvalue weighted by atomic mass is 10.0. The molecule has 0 aliphatic rings. The Kier molecular flexibility index (Phi) is 4.23. The Bertz CT molecular complexity index is 322. The third kappa shape index (κ3) is 3.02. The van der Waals surface area contributed by atoms with Gasteiger partial charge in [0, 0.05) is 13.6 Å². The van der Waals surface area contributed by atoms with Gasteiger partial charge in [0.25, 0.3) is 0 Å². The van der Waals surface area contributed by atoms with Crippen LogP contribution < -0.4 is 11.1 Å². The van der Waals surface area contributed by atoms with Crippen molar-refractivity contribution < 1.29 is 4.79 Å². The third-order valence-corrected chi connectivity index (χ3v) is 2.24. The second-order valence-electron chi connectivity index (χ2n) is 3.42. The molecule has 0 aliphatic heterocycles. The fraction of sp³-hybridized carbons (Fsp3) is 0.667. The molecule has 6 nitrogen and oxygen atoms in total. The number of hydrogen-bond donors (Lipinski definition) is 2. The van der Waals surface area contributed by atoms with Crippen LogP contribution in [-0.4, -0.2) is 27.2 Å². The van der Waals surface area contributed by atoms with Crippen molar-refractivity contribution in [3.8, 4) is 0 Å². The van der Waals surface area contributed by atoms with Gasteiger partial charge < -0.3 is 5.73 Å². The monoisotopic (exact) mass is 211 g/mol. The highest BCUT2D eigenvalue weighted by atomic mass is 16.2. The number of nitrogens with zero attached hydrogens (tertiary/aromatic N) is 3. The van der Waals surface area contributed by atoms with Crippen molar-refractivity contribution in [3.63, 3.8) is 0 Å². The molecule has 1 amide bonds. The Morgan fingerprint density at radius 3 is 2.93 bits per heavy atom. The van der Waals surface area contributed by atoms with Gasteiger partial charge >= 0.3 is 0 Å². The quantitative estimate of drug-likeness (QED) is 0.724. The molecule has 6 heteroatoms. The molecule has 15 heavy (non-hydrogen) atoms. The summed E-state index contributed by atoms with van der Waals surface area (Å²) < 4.78 is 1.51. The summed E-state index contributed by atoms with van der Waals surface area (Å²) in [6.45, 7) is 2.38. The summed E-state index contributed by atoms with van der Waals surface area (Å²) in [5.74, 6) is 0.219. The van der Waals surface area contributed by atoms with Gasteiger partial charge in [0.1, 0.15) is 6.33 Å². The number of amides is 1. The Morgan fingerprint density at radius 2 is 2.47 bits per heavy atom. The first-order chi connectivity index (χ1) is 7.19. The molecule has 1 atom stereocenters. The van der Waals surface area contributed by atoms with Gasteiger partial charge in [-0.1, -0.05) is 13.3 Å². The van der Waals surface area contributed by atoms with Crippen molar-refractivity contribution >= 4 is 11.9 Å². The molecule has 0 saturated heterocycles. The van der Waals surface area contributed by atoms with Crippen LogP contribution >= 0.6 is 0 Å². The van der Waals surface area contributed by atoms with Crippen molar-refractivity contribution in [2.75, 3.05) is 11.9 Å². The molecule has 0 saturated carbocycles. The minimum Gasteiger partial charge on any atom is -0.330 e. The van der Waals surface area contributed by atoms with E-state index < -0.39 is 0 Å². The molecule has 1 rings (SSSR count). The van der Waals surface area contributed by atoms with Gasteiger partial charge in [0.15, 0.2) is 0 Å². The molecule has 1 aromatic rings. The highest BCUT2D eigenvalue weighted by Gasteiger charge is 2.17. The van der Waals surface area contributed by atoms with Crippen LogP contribution in [0.25, 0.3) is 0 Å². The number of anilines is 1. The van der Waals surface area contributed by atoms with E-state index >= 15 is 0 Å². The maximum Gasteiger partial charge on any atom is 0.231 e. The number of nitrogens with two attached hydrogens (primary N) is 1. The van der Waals surface area contributed by atoms with E-state index in [2.05, 4.69) is 15.4 Å². The summed E-state index contributed by atoms with van der Waals surface area (Å²) in [7, 11) is 1.72. The lowest BCUT2D eigenvalue weighted by Crippen LogP contribution is -2.30. The fourth-order valence-corrected chi connectivity index (χ4v) is 1.33. The fourth-order valence-electron chi connectivity index (χ4n) is 1.33. The van der Waals surface area contributed by atoms with Crippen LogP contribution in [0, 0.1) is 5.92 Å². The number of carbonyl (C=O) groups excluding carboxylic acids is 1. The Labute approximate surface area is 88.9 Å². The molecule has 0 aromatic carbocycles. The first-order valence-electron chi connectivity index (χ1n) is 5.04. The first-order valence-corrected chi connectivity index (χ1v) is 5.04. The molecule has 0 bridgehead atoms. The molecule has 3 N–H and O–H groups in total. The van der Waals surface area contributed by atoms with E-state index in [1.807, 2.05) is 6.92 Å². The van der Waals surface area contributed by atoms with Crippen LogP contribution in [0.4, 0.5) is 5.95 Å². The summed E-state index contributed by atoms with van der Waals surface area (Å²) in [6, 6.07) is 0. The van der Waals surface area contributed by atoms with Gasteiger partial charge in [0.2, 0.25) is 11.9 Å². The molecule has 1 aromatic heterocycles. The zero-order valence-corrected chi connectivity index (χ0v) is 9.10. The predicted octanol–water partition coefficient (Wildman–Crippen LogP) is 0.129. The molecule has 0 aliphatic carbocycles. The minimum absolute atomic E-state index is 0.0875. The molecular weight excluding hydrogens is 194 g/mol. The maximum absolute atomic E-state index is 11.7. The van der Waals surface area contributed by atoms with E-state index in [-0.39, 0.29) is 11.8 Å². The maximum atomic E-state index is 11.7. The number of nitrogens with one attached hydrogen (secondary N) is 1. The lowest BCUT2D eigenvalue weighted by Gasteiger charge is -2.12. The van der Waals surface area contributed by atoms with Gasteiger partial charge in [-0.15, -0.1) is 0 Å². The number of rotatable bonds is 5. The zero-order valence-electron chi connectivity index (χ0n) is 9.10. The summed E-state index contributed by atoms with van der Waals surface area (Å²) in [5, 5.41) is 6.56. The van der Waals surface area contributed by atoms with Gasteiger partial charge in [-0.05, 0) is 6.42 Å². The molecule has 0 spiro atoms. The topological polar surface area (TPSA) is 85.8 Å². The van der Waals surface area contributed by atoms with E-state index in [1.54, 1.807) is 7.05 Å². The van der Waals surface area contributed by atoms with Crippen molar-refractivity contribution in [3.05, 3.63) is 6.33 Å². The number of carbonyl (C=O) groups is 1. The Hall–Kier alpha value is -1.43. The highest BCUT2D eigenvalue weighted by molar-refractivity contribution is 5.91. The van der Waals surface area contributed by atoms with Gasteiger partial charge in [-0.25, -0.2) is 4.68 Å². The van der Waals surface area contributed by atoms with Crippen LogP contribution in [0.15, 0.2) is 6.33 Å². The number of hydrogen-bond acceptors (Lipinski definition) is 4. The normalized spacial score (nSPS) is 12.5. The number of aryl methyl sites for hydroxylation is 1. The largest absolute Gasteiger partial charge is 0.330 e. The Balaban J connectivity index is 2.58. The van der Waals surface area contributed by atoms with E-state index in [0.29, 0.717) is 12.5 Å². The smallest absolute Gasteiger partial charge is 0.231 e. The van der Waals surface area contributed by atoms with Gasteiger partial charge in [-0.3, -0.25) is 10.1 Å². The Morgan fingerprint density at radius 1 is 1.73 bits per heavy atom. The molecule has 1 heterocycles. The molecule has 84 valence electrons. The predicted molar refractivity (Wildman–Crippen MR) is 57.1 cm³/mol. The minimum atomic E-state index is -0.147. The second kappa shape index (κ2) is 5.45. The molecular formula is C9H17N5O. The van der Waals surface area contributed by atoms with Crippen LogP contribution in [0.1, 0.15) is 19.8 Å². The average molecular weight is 211 g/mol. The lowest BCUT2D eigenvalue weighted by molar-refractivity contribution is -0.119. The van der Waals surface area contributed by atoms with E-state index in [1.165, 1.54) is 11.0 Å². The van der Waals surface area contributed by atoms with Crippen molar-refractivity contribution in [2.45, 2.75) is 19.8 Å². The van der Waals surface area contributed by atoms with Crippen molar-refractivity contribution in [2.24, 2.45) is 18.7 Å². The summed E-state index contributed by atoms with van der Waals surface area (Å²) in [5.41, 5.74) is 5.52. The van der Waals surface area contributed by atoms with E-state index in [9.17, 15) is 4.79 Å². The van der Waals surface area contributed by atoms with Crippen molar-refractivity contribution in [1.29, 1.82) is 0 Å². The summed E-state index contributed by atoms with van der Waals surface area (Å²) in [6.07, 6.45) is 3.13. The van der Waals surface area contributed by atoms with Crippen LogP contribution in [0.2, 0.25) is 0 Å². The van der Waals surface area contributed by atoms with E-state index in [4.69, 9.17) is 5.73 Å². The summed E-state index contributed by atoms with van der Waals surface area (Å²) in [4.78, 5) is 15.6. The third-order valence-electron chi connectivity index (χ3n) is 2.24. The van der Waals surface area contributed by atoms with E-state index in [0.717, 1.165) is 12.8 Å². The zero-order chi connectivity index (χ0) is 11.3. The standard InChI is InChI=1S/C9H17N5O/c1-3-4-7(5-10)8(15)13-9-11-6-12-14(9)2/h6-7H,3-5,10H2,1-2H3,(H,11,12,13,15). The molecule has 1 unspecified atom stereocenters. The first kappa shape index (κ1) is 11.6. The van der Waals surface area contributed by atoms with Crippen LogP contribution in [-0.2, 0) is 11.8 Å². The SMILES string of the molecule is CCCC(CN)C(=O)Nc1ncnn1C. The number of aromatic nitrogens is 3. The summed E-state index contributed by atoms with van der Waals surface area (Å²) >= 11 is 0. The van der Waals surface area contributed by atoms with Crippen LogP contribution in [0.3, 0.4) is 0 Å².